The molecule has 8 heteroatoms. The van der Waals surface area contributed by atoms with E-state index in [2.05, 4.69) is 0 Å². The summed E-state index contributed by atoms with van der Waals surface area (Å²) in [7, 11) is -0.322. The van der Waals surface area contributed by atoms with Gasteiger partial charge in [-0.1, -0.05) is 25.0 Å². The summed E-state index contributed by atoms with van der Waals surface area (Å²) < 4.78 is 52.3. The van der Waals surface area contributed by atoms with Crippen molar-refractivity contribution in [1.82, 2.24) is 0 Å². The molecule has 2 atom stereocenters. The highest BCUT2D eigenvalue weighted by Gasteiger charge is 2.60. The van der Waals surface area contributed by atoms with E-state index in [1.54, 1.807) is 0 Å². The van der Waals surface area contributed by atoms with Crippen LogP contribution in [-0.2, 0) is 19.5 Å². The molecular weight excluding hydrogens is 406 g/mol. The van der Waals surface area contributed by atoms with Gasteiger partial charge in [0.1, 0.15) is 6.54 Å². The Hall–Kier alpha value is -1.54. The number of amides is 1. The molecule has 0 bridgehead atoms. The molecule has 168 valence electrons. The Balaban J connectivity index is 1.43. The number of carbonyl (C=O) groups excluding carboxylic acids is 1. The third-order valence-corrected chi connectivity index (χ3v) is 8.17. The van der Waals surface area contributed by atoms with Gasteiger partial charge in [-0.2, -0.15) is 13.2 Å². The number of hydrogen-bond acceptors (Lipinski definition) is 3. The van der Waals surface area contributed by atoms with Crippen LogP contribution in [0.4, 0.5) is 18.9 Å². The molecule has 1 spiro atoms. The molecule has 1 saturated heterocycles. The molecule has 2 saturated carbocycles. The van der Waals surface area contributed by atoms with Crippen molar-refractivity contribution in [3.8, 4) is 0 Å². The van der Waals surface area contributed by atoms with E-state index in [-0.39, 0.29) is 24.8 Å². The highest BCUT2D eigenvalue weighted by Crippen LogP contribution is 2.60. The van der Waals surface area contributed by atoms with E-state index in [0.29, 0.717) is 18.5 Å². The fourth-order valence-electron chi connectivity index (χ4n) is 5.65. The van der Waals surface area contributed by atoms with Crippen LogP contribution >= 0.6 is 0 Å². The van der Waals surface area contributed by atoms with E-state index in [1.807, 2.05) is 45.9 Å². The zero-order valence-corrected chi connectivity index (χ0v) is 18.5. The lowest BCUT2D eigenvalue weighted by Crippen LogP contribution is -2.43. The maximum absolute atomic E-state index is 13.3. The molecule has 2 aliphatic carbocycles. The fourth-order valence-corrected chi connectivity index (χ4v) is 5.65. The lowest BCUT2D eigenvalue weighted by atomic mass is 9.78. The van der Waals surface area contributed by atoms with E-state index in [0.717, 1.165) is 35.3 Å². The summed E-state index contributed by atoms with van der Waals surface area (Å²) in [5.74, 6) is -0.0385. The molecule has 2 heterocycles. The summed E-state index contributed by atoms with van der Waals surface area (Å²) >= 11 is 0. The first-order valence-corrected chi connectivity index (χ1v) is 11.2. The van der Waals surface area contributed by atoms with Crippen LogP contribution in [0.2, 0.25) is 5.82 Å². The SMILES string of the molecule is CC1(C)OB([C@H]2C[C@@H]2c2ccc3c(c2)N(CC(F)(F)F)C(=O)C32CCCC2)OC1(C)C. The topological polar surface area (TPSA) is 38.8 Å². The lowest BCUT2D eigenvalue weighted by Gasteiger charge is -2.32. The predicted octanol–water partition coefficient (Wildman–Crippen LogP) is 5.36. The van der Waals surface area contributed by atoms with Gasteiger partial charge in [-0.3, -0.25) is 4.79 Å². The molecular formula is C23H29BF3NO3. The maximum Gasteiger partial charge on any atom is 0.461 e. The zero-order valence-electron chi connectivity index (χ0n) is 18.5. The minimum Gasteiger partial charge on any atom is -0.403 e. The van der Waals surface area contributed by atoms with Crippen LogP contribution in [0.25, 0.3) is 0 Å². The van der Waals surface area contributed by atoms with Crippen LogP contribution in [0.1, 0.15) is 76.8 Å². The van der Waals surface area contributed by atoms with Crippen molar-refractivity contribution in [1.29, 1.82) is 0 Å². The van der Waals surface area contributed by atoms with Gasteiger partial charge in [0, 0.05) is 11.5 Å². The minimum atomic E-state index is -4.43. The molecule has 1 amide bonds. The van der Waals surface area contributed by atoms with Gasteiger partial charge in [0.2, 0.25) is 5.91 Å². The number of carbonyl (C=O) groups is 1. The van der Waals surface area contributed by atoms with Crippen molar-refractivity contribution in [3.63, 3.8) is 0 Å². The maximum atomic E-state index is 13.3. The summed E-state index contributed by atoms with van der Waals surface area (Å²) in [6.07, 6.45) is -0.552. The third kappa shape index (κ3) is 3.24. The number of nitrogens with zero attached hydrogens (tertiary/aromatic N) is 1. The first-order chi connectivity index (χ1) is 14.3. The lowest BCUT2D eigenvalue weighted by molar-refractivity contribution is -0.134. The van der Waals surface area contributed by atoms with Gasteiger partial charge in [-0.25, -0.2) is 0 Å². The van der Waals surface area contributed by atoms with Gasteiger partial charge in [0.25, 0.3) is 0 Å². The molecule has 1 aromatic carbocycles. The molecule has 2 aliphatic heterocycles. The number of rotatable bonds is 3. The zero-order chi connectivity index (χ0) is 22.4. The quantitative estimate of drug-likeness (QED) is 0.601. The molecule has 5 rings (SSSR count). The monoisotopic (exact) mass is 435 g/mol. The number of halogens is 3. The van der Waals surface area contributed by atoms with Crippen molar-refractivity contribution in [2.75, 3.05) is 11.4 Å². The van der Waals surface area contributed by atoms with Crippen molar-refractivity contribution < 1.29 is 27.3 Å². The Kier molecular flexibility index (Phi) is 4.47. The van der Waals surface area contributed by atoms with Crippen molar-refractivity contribution >= 4 is 18.7 Å². The average molecular weight is 435 g/mol. The summed E-state index contributed by atoms with van der Waals surface area (Å²) in [6, 6.07) is 5.73. The summed E-state index contributed by atoms with van der Waals surface area (Å²) in [6.45, 7) is 6.83. The third-order valence-electron chi connectivity index (χ3n) is 8.17. The van der Waals surface area contributed by atoms with E-state index in [1.165, 1.54) is 0 Å². The number of hydrogen-bond donors (Lipinski definition) is 0. The van der Waals surface area contributed by atoms with Crippen LogP contribution < -0.4 is 4.90 Å². The highest BCUT2D eigenvalue weighted by molar-refractivity contribution is 6.49. The second-order valence-corrected chi connectivity index (χ2v) is 10.7. The largest absolute Gasteiger partial charge is 0.461 e. The number of fused-ring (bicyclic) bond motifs is 2. The normalized spacial score (nSPS) is 30.4. The molecule has 0 N–H and O–H groups in total. The second kappa shape index (κ2) is 6.50. The minimum absolute atomic E-state index is 0.169. The number of anilines is 1. The molecule has 1 aromatic rings. The Morgan fingerprint density at radius 2 is 1.71 bits per heavy atom. The van der Waals surface area contributed by atoms with Gasteiger partial charge in [0.05, 0.1) is 16.6 Å². The molecule has 4 aliphatic rings. The van der Waals surface area contributed by atoms with Gasteiger partial charge in [-0.05, 0) is 70.1 Å². The first-order valence-electron chi connectivity index (χ1n) is 11.2. The van der Waals surface area contributed by atoms with Gasteiger partial charge in [0.15, 0.2) is 0 Å². The first kappa shape index (κ1) is 21.3. The molecule has 31 heavy (non-hydrogen) atoms. The molecule has 0 aromatic heterocycles. The van der Waals surface area contributed by atoms with Crippen LogP contribution in [-0.4, -0.2) is 36.9 Å². The Morgan fingerprint density at radius 3 is 2.29 bits per heavy atom. The number of benzene rings is 1. The van der Waals surface area contributed by atoms with Gasteiger partial charge < -0.3 is 14.2 Å². The summed E-state index contributed by atoms with van der Waals surface area (Å²) in [5, 5.41) is 0. The van der Waals surface area contributed by atoms with E-state index in [9.17, 15) is 18.0 Å². The number of alkyl halides is 3. The average Bonchev–Trinajstić information content (AvgIpc) is 3.17. The van der Waals surface area contributed by atoms with Crippen molar-refractivity contribution in [2.24, 2.45) is 0 Å². The van der Waals surface area contributed by atoms with Gasteiger partial charge in [-0.15, -0.1) is 0 Å². The van der Waals surface area contributed by atoms with E-state index < -0.39 is 29.3 Å². The van der Waals surface area contributed by atoms with Crippen LogP contribution in [0.15, 0.2) is 18.2 Å². The second-order valence-electron chi connectivity index (χ2n) is 10.7. The Labute approximate surface area is 181 Å². The Bertz CT molecular complexity index is 907. The Morgan fingerprint density at radius 1 is 1.10 bits per heavy atom. The van der Waals surface area contributed by atoms with Crippen LogP contribution in [0, 0.1) is 0 Å². The molecule has 4 nitrogen and oxygen atoms in total. The predicted molar refractivity (Wildman–Crippen MR) is 112 cm³/mol. The van der Waals surface area contributed by atoms with Crippen LogP contribution in [0.3, 0.4) is 0 Å². The van der Waals surface area contributed by atoms with Crippen molar-refractivity contribution in [2.45, 2.75) is 94.3 Å². The summed E-state index contributed by atoms with van der Waals surface area (Å²) in [5.41, 5.74) is 0.597. The smallest absolute Gasteiger partial charge is 0.403 e. The molecule has 3 fully saturated rings. The highest BCUT2D eigenvalue weighted by atomic mass is 19.4. The summed E-state index contributed by atoms with van der Waals surface area (Å²) in [4.78, 5) is 14.1. The van der Waals surface area contributed by atoms with Crippen molar-refractivity contribution in [3.05, 3.63) is 29.3 Å². The fraction of sp³-hybridized carbons (Fsp3) is 0.696. The van der Waals surface area contributed by atoms with E-state index in [4.69, 9.17) is 9.31 Å². The van der Waals surface area contributed by atoms with E-state index >= 15 is 0 Å². The molecule has 0 unspecified atom stereocenters. The van der Waals surface area contributed by atoms with Gasteiger partial charge >= 0.3 is 13.3 Å². The molecule has 0 radical (unpaired) electrons. The standard InChI is InChI=1S/C23H29BF3NO3/c1-20(2)21(3,4)31-24(30-20)17-12-15(17)14-7-8-16-18(11-14)28(13-23(25,26)27)19(29)22(16)9-5-6-10-22/h7-8,11,15,17H,5-6,9-10,12-13H2,1-4H3/t15-,17+/m1/s1. The van der Waals surface area contributed by atoms with Crippen LogP contribution in [0.5, 0.6) is 0 Å².